The van der Waals surface area contributed by atoms with Crippen molar-refractivity contribution < 1.29 is 9.18 Å². The summed E-state index contributed by atoms with van der Waals surface area (Å²) >= 11 is 3.36. The number of anilines is 1. The zero-order valence-electron chi connectivity index (χ0n) is 10.6. The summed E-state index contributed by atoms with van der Waals surface area (Å²) < 4.78 is 13.9. The van der Waals surface area contributed by atoms with Gasteiger partial charge >= 0.3 is 0 Å². The molecule has 1 N–H and O–H groups in total. The van der Waals surface area contributed by atoms with E-state index in [0.717, 1.165) is 16.1 Å². The van der Waals surface area contributed by atoms with Gasteiger partial charge in [0.15, 0.2) is 0 Å². The van der Waals surface area contributed by atoms with Crippen LogP contribution in [0.4, 0.5) is 10.1 Å². The van der Waals surface area contributed by atoms with E-state index in [2.05, 4.69) is 21.2 Å². The highest BCUT2D eigenvalue weighted by Gasteiger charge is 2.13. The van der Waals surface area contributed by atoms with Gasteiger partial charge in [-0.1, -0.05) is 22.0 Å². The number of nitrogens with zero attached hydrogens (tertiary/aromatic N) is 1. The SMILES string of the molecule is Cc1c(Br)cccc1C(=O)Nc1ccc(F)cc1C#N. The molecule has 3 nitrogen and oxygen atoms in total. The van der Waals surface area contributed by atoms with E-state index >= 15 is 0 Å². The molecular formula is C15H10BrFN2O. The predicted molar refractivity (Wildman–Crippen MR) is 77.9 cm³/mol. The largest absolute Gasteiger partial charge is 0.321 e. The molecule has 0 bridgehead atoms. The van der Waals surface area contributed by atoms with Crippen molar-refractivity contribution in [3.63, 3.8) is 0 Å². The Morgan fingerprint density at radius 2 is 2.10 bits per heavy atom. The van der Waals surface area contributed by atoms with Gasteiger partial charge in [-0.2, -0.15) is 5.26 Å². The van der Waals surface area contributed by atoms with Crippen molar-refractivity contribution in [3.05, 3.63) is 63.4 Å². The lowest BCUT2D eigenvalue weighted by atomic mass is 10.1. The summed E-state index contributed by atoms with van der Waals surface area (Å²) in [7, 11) is 0. The molecule has 2 aromatic carbocycles. The molecule has 0 heterocycles. The lowest BCUT2D eigenvalue weighted by molar-refractivity contribution is 0.102. The smallest absolute Gasteiger partial charge is 0.256 e. The van der Waals surface area contributed by atoms with E-state index in [1.807, 2.05) is 19.1 Å². The number of halogens is 2. The van der Waals surface area contributed by atoms with Gasteiger partial charge in [-0.3, -0.25) is 4.79 Å². The zero-order chi connectivity index (χ0) is 14.7. The van der Waals surface area contributed by atoms with Crippen molar-refractivity contribution in [1.82, 2.24) is 0 Å². The Labute approximate surface area is 124 Å². The lowest BCUT2D eigenvalue weighted by Gasteiger charge is -2.10. The highest BCUT2D eigenvalue weighted by Crippen LogP contribution is 2.22. The number of benzene rings is 2. The molecule has 0 radical (unpaired) electrons. The molecule has 100 valence electrons. The first-order valence-electron chi connectivity index (χ1n) is 5.79. The molecule has 0 aliphatic rings. The maximum atomic E-state index is 13.0. The van der Waals surface area contributed by atoms with Gasteiger partial charge in [0.1, 0.15) is 11.9 Å². The average molecular weight is 333 g/mol. The van der Waals surface area contributed by atoms with Crippen molar-refractivity contribution in [2.24, 2.45) is 0 Å². The average Bonchev–Trinajstić information content (AvgIpc) is 2.43. The summed E-state index contributed by atoms with van der Waals surface area (Å²) in [6.45, 7) is 1.81. The van der Waals surface area contributed by atoms with Crippen LogP contribution in [0.25, 0.3) is 0 Å². The quantitative estimate of drug-likeness (QED) is 0.902. The van der Waals surface area contributed by atoms with Crippen molar-refractivity contribution in [1.29, 1.82) is 5.26 Å². The van der Waals surface area contributed by atoms with Crippen LogP contribution < -0.4 is 5.32 Å². The van der Waals surface area contributed by atoms with Crippen LogP contribution in [0.5, 0.6) is 0 Å². The normalized spacial score (nSPS) is 9.90. The molecule has 0 unspecified atom stereocenters. The molecule has 0 spiro atoms. The molecule has 0 aliphatic carbocycles. The second kappa shape index (κ2) is 5.85. The summed E-state index contributed by atoms with van der Waals surface area (Å²) in [6.07, 6.45) is 0. The molecule has 0 saturated carbocycles. The van der Waals surface area contributed by atoms with Crippen molar-refractivity contribution >= 4 is 27.5 Å². The molecule has 0 atom stereocenters. The van der Waals surface area contributed by atoms with E-state index in [9.17, 15) is 9.18 Å². The van der Waals surface area contributed by atoms with Crippen molar-refractivity contribution in [2.45, 2.75) is 6.92 Å². The first kappa shape index (κ1) is 14.2. The van der Waals surface area contributed by atoms with Gasteiger partial charge in [0, 0.05) is 10.0 Å². The lowest BCUT2D eigenvalue weighted by Crippen LogP contribution is -2.14. The number of carbonyl (C=O) groups excluding carboxylic acids is 1. The highest BCUT2D eigenvalue weighted by atomic mass is 79.9. The Kier molecular flexibility index (Phi) is 4.16. The number of nitrogens with one attached hydrogen (secondary N) is 1. The van der Waals surface area contributed by atoms with E-state index in [1.54, 1.807) is 12.1 Å². The standard InChI is InChI=1S/C15H10BrFN2O/c1-9-12(3-2-4-13(9)16)15(20)19-14-6-5-11(17)7-10(14)8-18/h2-7H,1H3,(H,19,20). The minimum atomic E-state index is -0.516. The second-order valence-electron chi connectivity index (χ2n) is 4.17. The van der Waals surface area contributed by atoms with Crippen molar-refractivity contribution in [2.75, 3.05) is 5.32 Å². The van der Waals surface area contributed by atoms with Gasteiger partial charge < -0.3 is 5.32 Å². The van der Waals surface area contributed by atoms with E-state index in [0.29, 0.717) is 11.3 Å². The van der Waals surface area contributed by atoms with Gasteiger partial charge in [-0.05, 0) is 42.8 Å². The van der Waals surface area contributed by atoms with E-state index in [-0.39, 0.29) is 11.5 Å². The van der Waals surface area contributed by atoms with Crippen LogP contribution in [0.15, 0.2) is 40.9 Å². The Hall–Kier alpha value is -2.19. The molecule has 0 fully saturated rings. The highest BCUT2D eigenvalue weighted by molar-refractivity contribution is 9.10. The van der Waals surface area contributed by atoms with Crippen LogP contribution in [0, 0.1) is 24.1 Å². The van der Waals surface area contributed by atoms with Gasteiger partial charge in [-0.15, -0.1) is 0 Å². The first-order chi connectivity index (χ1) is 9.52. The number of carbonyl (C=O) groups is 1. The van der Waals surface area contributed by atoms with Gasteiger partial charge in [0.2, 0.25) is 0 Å². The Morgan fingerprint density at radius 1 is 1.35 bits per heavy atom. The van der Waals surface area contributed by atoms with Crippen LogP contribution in [-0.2, 0) is 0 Å². The maximum Gasteiger partial charge on any atom is 0.256 e. The summed E-state index contributed by atoms with van der Waals surface area (Å²) in [6, 6.07) is 10.8. The predicted octanol–water partition coefficient (Wildman–Crippen LogP) is 4.02. The van der Waals surface area contributed by atoms with Gasteiger partial charge in [0.25, 0.3) is 5.91 Å². The van der Waals surface area contributed by atoms with Crippen LogP contribution >= 0.6 is 15.9 Å². The maximum absolute atomic E-state index is 13.0. The third-order valence-corrected chi connectivity index (χ3v) is 3.72. The molecule has 0 aromatic heterocycles. The Bertz CT molecular complexity index is 722. The molecule has 1 amide bonds. The van der Waals surface area contributed by atoms with Crippen LogP contribution in [0.3, 0.4) is 0 Å². The number of hydrogen-bond donors (Lipinski definition) is 1. The second-order valence-corrected chi connectivity index (χ2v) is 5.02. The summed E-state index contributed by atoms with van der Waals surface area (Å²) in [5.74, 6) is -0.856. The van der Waals surface area contributed by atoms with Crippen molar-refractivity contribution in [3.8, 4) is 6.07 Å². The third-order valence-electron chi connectivity index (χ3n) is 2.86. The zero-order valence-corrected chi connectivity index (χ0v) is 12.2. The minimum absolute atomic E-state index is 0.0889. The molecule has 0 aliphatic heterocycles. The number of rotatable bonds is 2. The minimum Gasteiger partial charge on any atom is -0.321 e. The fourth-order valence-electron chi connectivity index (χ4n) is 1.76. The summed E-state index contributed by atoms with van der Waals surface area (Å²) in [4.78, 5) is 12.2. The molecule has 2 aromatic rings. The van der Waals surface area contributed by atoms with Gasteiger partial charge in [0.05, 0.1) is 11.3 Å². The van der Waals surface area contributed by atoms with Gasteiger partial charge in [-0.25, -0.2) is 4.39 Å². The summed E-state index contributed by atoms with van der Waals surface area (Å²) in [5, 5.41) is 11.6. The Morgan fingerprint density at radius 3 is 2.80 bits per heavy atom. The summed E-state index contributed by atoms with van der Waals surface area (Å²) in [5.41, 5.74) is 1.67. The molecule has 20 heavy (non-hydrogen) atoms. The number of hydrogen-bond acceptors (Lipinski definition) is 2. The molecule has 5 heteroatoms. The first-order valence-corrected chi connectivity index (χ1v) is 6.58. The number of nitriles is 1. The van der Waals surface area contributed by atoms with E-state index < -0.39 is 5.82 Å². The van der Waals surface area contributed by atoms with Crippen LogP contribution in [0.2, 0.25) is 0 Å². The molecular weight excluding hydrogens is 323 g/mol. The topological polar surface area (TPSA) is 52.9 Å². The fourth-order valence-corrected chi connectivity index (χ4v) is 2.13. The Balaban J connectivity index is 2.33. The van der Waals surface area contributed by atoms with Crippen LogP contribution in [-0.4, -0.2) is 5.91 Å². The fraction of sp³-hybridized carbons (Fsp3) is 0.0667. The van der Waals surface area contributed by atoms with E-state index in [1.165, 1.54) is 12.1 Å². The monoisotopic (exact) mass is 332 g/mol. The molecule has 2 rings (SSSR count). The van der Waals surface area contributed by atoms with E-state index in [4.69, 9.17) is 5.26 Å². The third kappa shape index (κ3) is 2.86. The van der Waals surface area contributed by atoms with Crippen LogP contribution in [0.1, 0.15) is 21.5 Å². The molecule has 0 saturated heterocycles. The number of amides is 1.